The lowest BCUT2D eigenvalue weighted by Crippen LogP contribution is -2.46. The summed E-state index contributed by atoms with van der Waals surface area (Å²) in [6.45, 7) is 12.2. The van der Waals surface area contributed by atoms with E-state index < -0.39 is 23.5 Å². The standard InChI is InChI=1S/C33H41N3O4/c1-6-35(7-2)22-15-21-28(32(39)40-33(3,4)5)34-31(38)27-20-14-23-36(29(27)24-37)30(25-16-10-8-11-17-25)26-18-12-9-13-19-26/h8-14,16-20,23,28,30H,6-7,15,21-22H2,1-5H3,(H,34,38). The van der Waals surface area contributed by atoms with Gasteiger partial charge >= 0.3 is 5.97 Å². The van der Waals surface area contributed by atoms with Crippen LogP contribution in [-0.2, 0) is 19.1 Å². The van der Waals surface area contributed by atoms with E-state index in [1.165, 1.54) is 0 Å². The molecule has 1 heterocycles. The molecule has 212 valence electrons. The van der Waals surface area contributed by atoms with E-state index in [1.807, 2.05) is 66.6 Å². The fourth-order valence-electron chi connectivity index (χ4n) is 4.73. The third-order valence-electron chi connectivity index (χ3n) is 6.73. The molecule has 0 bridgehead atoms. The zero-order valence-electron chi connectivity index (χ0n) is 24.2. The fraction of sp³-hybridized carbons (Fsp3) is 0.394. The zero-order chi connectivity index (χ0) is 29.1. The van der Waals surface area contributed by atoms with Crippen LogP contribution in [-0.4, -0.2) is 58.9 Å². The molecule has 0 spiro atoms. The van der Waals surface area contributed by atoms with Crippen molar-refractivity contribution in [3.8, 4) is 0 Å². The molecule has 7 nitrogen and oxygen atoms in total. The minimum Gasteiger partial charge on any atom is -0.458 e. The van der Waals surface area contributed by atoms with Gasteiger partial charge in [-0.15, -0.1) is 0 Å². The number of nitrogens with one attached hydrogen (secondary N) is 1. The van der Waals surface area contributed by atoms with Crippen LogP contribution in [0.2, 0.25) is 0 Å². The van der Waals surface area contributed by atoms with Crippen LogP contribution in [0.5, 0.6) is 0 Å². The second kappa shape index (κ2) is 14.5. The van der Waals surface area contributed by atoms with Gasteiger partial charge in [0.2, 0.25) is 0 Å². The summed E-state index contributed by atoms with van der Waals surface area (Å²) in [5, 5.41) is 2.86. The van der Waals surface area contributed by atoms with Crippen LogP contribution in [0.15, 0.2) is 90.3 Å². The lowest BCUT2D eigenvalue weighted by atomic mass is 9.94. The number of hydrogen-bond acceptors (Lipinski definition) is 6. The smallest absolute Gasteiger partial charge is 0.329 e. The van der Waals surface area contributed by atoms with Crippen molar-refractivity contribution in [1.29, 1.82) is 0 Å². The van der Waals surface area contributed by atoms with Crippen LogP contribution >= 0.6 is 0 Å². The third kappa shape index (κ3) is 8.28. The van der Waals surface area contributed by atoms with Gasteiger partial charge in [-0.05, 0) is 76.5 Å². The molecule has 1 aliphatic rings. The molecule has 1 unspecified atom stereocenters. The summed E-state index contributed by atoms with van der Waals surface area (Å²) in [5.41, 5.74) is 1.46. The molecule has 2 aromatic carbocycles. The first-order valence-corrected chi connectivity index (χ1v) is 14.0. The molecule has 1 N–H and O–H groups in total. The van der Waals surface area contributed by atoms with Crippen LogP contribution in [0.1, 0.15) is 64.6 Å². The molecule has 0 aromatic heterocycles. The van der Waals surface area contributed by atoms with Gasteiger partial charge < -0.3 is 19.9 Å². The number of rotatable bonds is 12. The summed E-state index contributed by atoms with van der Waals surface area (Å²) >= 11 is 0. The van der Waals surface area contributed by atoms with Crippen LogP contribution in [0.25, 0.3) is 0 Å². The number of amides is 1. The molecule has 1 amide bonds. The predicted octanol–water partition coefficient (Wildman–Crippen LogP) is 5.20. The Kier molecular flexibility index (Phi) is 11.1. The second-order valence-electron chi connectivity index (χ2n) is 10.7. The van der Waals surface area contributed by atoms with E-state index in [2.05, 4.69) is 24.1 Å². The van der Waals surface area contributed by atoms with Crippen molar-refractivity contribution in [2.24, 2.45) is 0 Å². The van der Waals surface area contributed by atoms with Gasteiger partial charge in [0, 0.05) is 6.20 Å². The highest BCUT2D eigenvalue weighted by Crippen LogP contribution is 2.35. The Labute approximate surface area is 238 Å². The first-order valence-electron chi connectivity index (χ1n) is 14.0. The second-order valence-corrected chi connectivity index (χ2v) is 10.7. The average Bonchev–Trinajstić information content (AvgIpc) is 2.95. The van der Waals surface area contributed by atoms with Crippen molar-refractivity contribution in [2.45, 2.75) is 65.1 Å². The molecular formula is C33H41N3O4. The summed E-state index contributed by atoms with van der Waals surface area (Å²) in [6.07, 6.45) is 6.22. The largest absolute Gasteiger partial charge is 0.458 e. The summed E-state index contributed by atoms with van der Waals surface area (Å²) < 4.78 is 5.63. The molecule has 1 aliphatic heterocycles. The molecule has 0 aliphatic carbocycles. The van der Waals surface area contributed by atoms with Crippen molar-refractivity contribution < 1.29 is 19.1 Å². The number of carbonyl (C=O) groups is 2. The van der Waals surface area contributed by atoms with Gasteiger partial charge in [0.25, 0.3) is 5.91 Å². The van der Waals surface area contributed by atoms with Gasteiger partial charge in [-0.3, -0.25) is 4.79 Å². The summed E-state index contributed by atoms with van der Waals surface area (Å²) in [6, 6.07) is 18.4. The van der Waals surface area contributed by atoms with Gasteiger partial charge in [0.05, 0.1) is 11.6 Å². The van der Waals surface area contributed by atoms with E-state index in [4.69, 9.17) is 4.74 Å². The average molecular weight is 544 g/mol. The number of hydrogen-bond donors (Lipinski definition) is 1. The van der Waals surface area contributed by atoms with E-state index in [0.717, 1.165) is 30.8 Å². The number of ether oxygens (including phenoxy) is 1. The SMILES string of the molecule is CCN(CC)CCCC(NC(=O)C1=CC=CN(C(c2ccccc2)c2ccccc2)C1=C=O)C(=O)OC(C)(C)C. The minimum atomic E-state index is -0.852. The van der Waals surface area contributed by atoms with Crippen molar-refractivity contribution in [3.05, 3.63) is 101 Å². The van der Waals surface area contributed by atoms with Crippen LogP contribution in [0.3, 0.4) is 0 Å². The van der Waals surface area contributed by atoms with Gasteiger partial charge in [0.1, 0.15) is 17.3 Å². The molecule has 3 rings (SSSR count). The van der Waals surface area contributed by atoms with E-state index in [1.54, 1.807) is 44.0 Å². The van der Waals surface area contributed by atoms with Gasteiger partial charge in [0.15, 0.2) is 5.94 Å². The molecule has 7 heteroatoms. The highest BCUT2D eigenvalue weighted by Gasteiger charge is 2.33. The lowest BCUT2D eigenvalue weighted by molar-refractivity contribution is -0.158. The van der Waals surface area contributed by atoms with E-state index in [-0.39, 0.29) is 17.3 Å². The Hall–Kier alpha value is -3.93. The van der Waals surface area contributed by atoms with Gasteiger partial charge in [-0.1, -0.05) is 74.5 Å². The molecule has 0 fully saturated rings. The van der Waals surface area contributed by atoms with E-state index >= 15 is 0 Å². The van der Waals surface area contributed by atoms with Crippen LogP contribution in [0, 0.1) is 0 Å². The topological polar surface area (TPSA) is 79.0 Å². The Bertz CT molecular complexity index is 1200. The Balaban J connectivity index is 1.87. The molecule has 2 aromatic rings. The summed E-state index contributed by atoms with van der Waals surface area (Å²) in [7, 11) is 0. The molecule has 0 saturated carbocycles. The predicted molar refractivity (Wildman–Crippen MR) is 158 cm³/mol. The maximum absolute atomic E-state index is 13.6. The van der Waals surface area contributed by atoms with Crippen molar-refractivity contribution in [1.82, 2.24) is 15.1 Å². The first-order chi connectivity index (χ1) is 19.2. The summed E-state index contributed by atoms with van der Waals surface area (Å²) in [5.74, 6) is 0.993. The number of allylic oxidation sites excluding steroid dienone is 2. The monoisotopic (exact) mass is 543 g/mol. The quantitative estimate of drug-likeness (QED) is 0.293. The normalized spacial score (nSPS) is 14.1. The number of carbonyl (C=O) groups excluding carboxylic acids is 3. The maximum atomic E-state index is 13.6. The van der Waals surface area contributed by atoms with Gasteiger partial charge in [-0.25, -0.2) is 9.59 Å². The third-order valence-corrected chi connectivity index (χ3v) is 6.73. The van der Waals surface area contributed by atoms with Crippen molar-refractivity contribution in [3.63, 3.8) is 0 Å². The summed E-state index contributed by atoms with van der Waals surface area (Å²) in [4.78, 5) is 43.2. The fourth-order valence-corrected chi connectivity index (χ4v) is 4.73. The number of benzene rings is 2. The van der Waals surface area contributed by atoms with E-state index in [9.17, 15) is 14.4 Å². The molecule has 40 heavy (non-hydrogen) atoms. The number of esters is 1. The van der Waals surface area contributed by atoms with Gasteiger partial charge in [-0.2, -0.15) is 0 Å². The number of nitrogens with zero attached hydrogens (tertiary/aromatic N) is 2. The zero-order valence-corrected chi connectivity index (χ0v) is 24.2. The molecule has 0 radical (unpaired) electrons. The lowest BCUT2D eigenvalue weighted by Gasteiger charge is -2.34. The highest BCUT2D eigenvalue weighted by atomic mass is 16.6. The Morgan fingerprint density at radius 1 is 0.975 bits per heavy atom. The van der Waals surface area contributed by atoms with E-state index in [0.29, 0.717) is 12.8 Å². The molecular weight excluding hydrogens is 502 g/mol. The van der Waals surface area contributed by atoms with Crippen molar-refractivity contribution in [2.75, 3.05) is 19.6 Å². The minimum absolute atomic E-state index is 0.101. The van der Waals surface area contributed by atoms with Crippen LogP contribution < -0.4 is 5.32 Å². The van der Waals surface area contributed by atoms with Crippen molar-refractivity contribution >= 4 is 17.8 Å². The highest BCUT2D eigenvalue weighted by molar-refractivity contribution is 6.02. The Morgan fingerprint density at radius 3 is 2.05 bits per heavy atom. The Morgan fingerprint density at radius 2 is 1.55 bits per heavy atom. The first kappa shape index (κ1) is 30.6. The van der Waals surface area contributed by atoms with Crippen LogP contribution in [0.4, 0.5) is 0 Å². The molecule has 0 saturated heterocycles. The molecule has 1 atom stereocenters. The maximum Gasteiger partial charge on any atom is 0.329 e.